The number of aromatic carboxylic acids is 1. The third-order valence-electron chi connectivity index (χ3n) is 4.54. The van der Waals surface area contributed by atoms with E-state index in [4.69, 9.17) is 17.3 Å². The van der Waals surface area contributed by atoms with E-state index in [0.717, 1.165) is 0 Å². The Hall–Kier alpha value is -2.49. The van der Waals surface area contributed by atoms with E-state index in [0.29, 0.717) is 16.9 Å². The third-order valence-corrected chi connectivity index (χ3v) is 4.74. The smallest absolute Gasteiger partial charge is 0.387 e. The zero-order valence-corrected chi connectivity index (χ0v) is 15.6. The molecular formula is C17H14Cl2F2N4O3. The van der Waals surface area contributed by atoms with E-state index in [2.05, 4.69) is 14.7 Å². The van der Waals surface area contributed by atoms with Gasteiger partial charge < -0.3 is 20.1 Å². The predicted octanol–water partition coefficient (Wildman–Crippen LogP) is 3.80. The maximum atomic E-state index is 12.9. The predicted molar refractivity (Wildman–Crippen MR) is 99.5 cm³/mol. The highest BCUT2D eigenvalue weighted by atomic mass is 35.5. The molecule has 0 bridgehead atoms. The number of pyridine rings is 1. The van der Waals surface area contributed by atoms with Crippen LogP contribution in [0.25, 0.3) is 11.0 Å². The SMILES string of the molecule is Cl.N[C@@H]1C[C@H](c2c(OC(F)F)cccc2C(=O)O)n2c1nc1cnc(Cl)cc12. The molecule has 2 atom stereocenters. The molecule has 3 N–H and O–H groups in total. The van der Waals surface area contributed by atoms with Gasteiger partial charge in [0.05, 0.1) is 29.4 Å². The number of fused-ring (bicyclic) bond motifs is 3. The zero-order valence-electron chi connectivity index (χ0n) is 14.1. The quantitative estimate of drug-likeness (QED) is 0.610. The summed E-state index contributed by atoms with van der Waals surface area (Å²) in [5.41, 5.74) is 7.27. The van der Waals surface area contributed by atoms with Gasteiger partial charge in [0.2, 0.25) is 0 Å². The summed E-state index contributed by atoms with van der Waals surface area (Å²) in [5, 5.41) is 9.80. The number of imidazole rings is 1. The lowest BCUT2D eigenvalue weighted by Gasteiger charge is -2.21. The van der Waals surface area contributed by atoms with Crippen molar-refractivity contribution in [1.29, 1.82) is 0 Å². The fourth-order valence-corrected chi connectivity index (χ4v) is 3.71. The minimum absolute atomic E-state index is 0. The summed E-state index contributed by atoms with van der Waals surface area (Å²) in [6, 6.07) is 4.42. The van der Waals surface area contributed by atoms with Gasteiger partial charge in [0.1, 0.15) is 22.2 Å². The molecule has 0 amide bonds. The van der Waals surface area contributed by atoms with Gasteiger partial charge in [0.25, 0.3) is 0 Å². The normalized spacial score (nSPS) is 18.2. The Bertz CT molecular complexity index is 1060. The van der Waals surface area contributed by atoms with Crippen LogP contribution >= 0.6 is 24.0 Å². The summed E-state index contributed by atoms with van der Waals surface area (Å²) in [5.74, 6) is -0.963. The Morgan fingerprint density at radius 3 is 2.86 bits per heavy atom. The van der Waals surface area contributed by atoms with Gasteiger partial charge in [-0.05, 0) is 18.6 Å². The number of nitrogens with two attached hydrogens (primary N) is 1. The summed E-state index contributed by atoms with van der Waals surface area (Å²) < 4.78 is 32.1. The van der Waals surface area contributed by atoms with Crippen molar-refractivity contribution in [2.45, 2.75) is 25.1 Å². The number of nitrogens with zero attached hydrogens (tertiary/aromatic N) is 3. The van der Waals surface area contributed by atoms with Crippen LogP contribution in [-0.4, -0.2) is 32.2 Å². The molecule has 11 heteroatoms. The van der Waals surface area contributed by atoms with Crippen molar-refractivity contribution in [1.82, 2.24) is 14.5 Å². The highest BCUT2D eigenvalue weighted by molar-refractivity contribution is 6.29. The second-order valence-electron chi connectivity index (χ2n) is 6.09. The van der Waals surface area contributed by atoms with Crippen molar-refractivity contribution >= 4 is 41.0 Å². The first kappa shape index (κ1) is 20.2. The molecule has 0 spiro atoms. The van der Waals surface area contributed by atoms with Crippen LogP contribution in [0.1, 0.15) is 40.3 Å². The molecule has 2 aromatic heterocycles. The lowest BCUT2D eigenvalue weighted by Crippen LogP contribution is -2.15. The summed E-state index contributed by atoms with van der Waals surface area (Å²) in [4.78, 5) is 20.1. The number of halogens is 4. The van der Waals surface area contributed by atoms with Gasteiger partial charge in [-0.15, -0.1) is 12.4 Å². The standard InChI is InChI=1S/C17H13ClF2N4O3.ClH/c18-13-5-10-9(6-22-13)23-15-8(21)4-11(24(10)15)14-7(16(25)26)2-1-3-12(14)27-17(19)20;/h1-3,5-6,8,11,17H,4,21H2,(H,25,26);1H/t8-,11-;/m1./s1. The average Bonchev–Trinajstić information content (AvgIpc) is 3.12. The van der Waals surface area contributed by atoms with Crippen LogP contribution in [0.3, 0.4) is 0 Å². The Labute approximate surface area is 168 Å². The Balaban J connectivity index is 0.00000225. The number of carboxylic acid groups (broad SMARTS) is 1. The number of hydrogen-bond acceptors (Lipinski definition) is 5. The molecule has 0 saturated heterocycles. The molecule has 1 aliphatic rings. The summed E-state index contributed by atoms with van der Waals surface area (Å²) in [6.07, 6.45) is 1.76. The lowest BCUT2D eigenvalue weighted by molar-refractivity contribution is -0.0507. The van der Waals surface area contributed by atoms with E-state index >= 15 is 0 Å². The molecule has 7 nitrogen and oxygen atoms in total. The number of carboxylic acids is 1. The summed E-state index contributed by atoms with van der Waals surface area (Å²) in [6.45, 7) is -3.10. The average molecular weight is 431 g/mol. The van der Waals surface area contributed by atoms with Gasteiger partial charge in [0.15, 0.2) is 0 Å². The van der Waals surface area contributed by atoms with Crippen LogP contribution in [0.15, 0.2) is 30.5 Å². The van der Waals surface area contributed by atoms with E-state index in [1.165, 1.54) is 24.4 Å². The largest absolute Gasteiger partial charge is 0.478 e. The number of hydrogen-bond donors (Lipinski definition) is 2. The van der Waals surface area contributed by atoms with Gasteiger partial charge in [-0.3, -0.25) is 0 Å². The molecule has 1 aromatic carbocycles. The molecule has 1 aliphatic heterocycles. The molecular weight excluding hydrogens is 417 g/mol. The van der Waals surface area contributed by atoms with Crippen molar-refractivity contribution in [2.24, 2.45) is 5.73 Å². The first-order chi connectivity index (χ1) is 12.9. The first-order valence-corrected chi connectivity index (χ1v) is 8.34. The van der Waals surface area contributed by atoms with Gasteiger partial charge >= 0.3 is 12.6 Å². The molecule has 28 heavy (non-hydrogen) atoms. The van der Waals surface area contributed by atoms with Crippen molar-refractivity contribution in [3.8, 4) is 5.75 Å². The van der Waals surface area contributed by atoms with Gasteiger partial charge in [-0.25, -0.2) is 14.8 Å². The molecule has 0 aliphatic carbocycles. The molecule has 0 unspecified atom stereocenters. The number of rotatable bonds is 4. The van der Waals surface area contributed by atoms with Crippen LogP contribution in [0.2, 0.25) is 5.15 Å². The van der Waals surface area contributed by atoms with E-state index < -0.39 is 24.7 Å². The lowest BCUT2D eigenvalue weighted by atomic mass is 9.96. The van der Waals surface area contributed by atoms with Gasteiger partial charge in [-0.2, -0.15) is 8.78 Å². The van der Waals surface area contributed by atoms with Crippen LogP contribution in [-0.2, 0) is 0 Å². The number of alkyl halides is 2. The van der Waals surface area contributed by atoms with Crippen molar-refractivity contribution in [3.05, 3.63) is 52.6 Å². The molecule has 148 valence electrons. The van der Waals surface area contributed by atoms with Crippen LogP contribution < -0.4 is 10.5 Å². The number of carbonyl (C=O) groups is 1. The third kappa shape index (κ3) is 3.25. The highest BCUT2D eigenvalue weighted by Crippen LogP contribution is 2.44. The molecule has 0 radical (unpaired) electrons. The molecule has 3 heterocycles. The topological polar surface area (TPSA) is 103 Å². The molecule has 3 aromatic rings. The van der Waals surface area contributed by atoms with Crippen molar-refractivity contribution in [3.63, 3.8) is 0 Å². The van der Waals surface area contributed by atoms with Crippen LogP contribution in [0.4, 0.5) is 8.78 Å². The van der Waals surface area contributed by atoms with E-state index in [1.807, 2.05) is 0 Å². The van der Waals surface area contributed by atoms with Crippen molar-refractivity contribution < 1.29 is 23.4 Å². The van der Waals surface area contributed by atoms with E-state index in [1.54, 1.807) is 10.6 Å². The van der Waals surface area contributed by atoms with Gasteiger partial charge in [-0.1, -0.05) is 17.7 Å². The molecule has 0 saturated carbocycles. The first-order valence-electron chi connectivity index (χ1n) is 7.96. The van der Waals surface area contributed by atoms with E-state index in [-0.39, 0.29) is 40.9 Å². The number of aromatic nitrogens is 3. The van der Waals surface area contributed by atoms with Crippen LogP contribution in [0, 0.1) is 0 Å². The Kier molecular flexibility index (Phi) is 5.42. The number of ether oxygens (including phenoxy) is 1. The summed E-state index contributed by atoms with van der Waals surface area (Å²) >= 11 is 5.99. The Morgan fingerprint density at radius 1 is 1.43 bits per heavy atom. The second-order valence-corrected chi connectivity index (χ2v) is 6.48. The maximum absolute atomic E-state index is 12.9. The van der Waals surface area contributed by atoms with E-state index in [9.17, 15) is 18.7 Å². The van der Waals surface area contributed by atoms with Crippen molar-refractivity contribution in [2.75, 3.05) is 0 Å². The highest BCUT2D eigenvalue weighted by Gasteiger charge is 2.37. The number of benzene rings is 1. The minimum Gasteiger partial charge on any atom is -0.478 e. The molecule has 0 fully saturated rings. The van der Waals surface area contributed by atoms with Crippen LogP contribution in [0.5, 0.6) is 5.75 Å². The monoisotopic (exact) mass is 430 g/mol. The zero-order chi connectivity index (χ0) is 19.3. The van der Waals surface area contributed by atoms with Gasteiger partial charge in [0, 0.05) is 11.6 Å². The second kappa shape index (κ2) is 7.50. The fraction of sp³-hybridized carbons (Fsp3) is 0.235. The molecule has 4 rings (SSSR count). The maximum Gasteiger partial charge on any atom is 0.387 e. The Morgan fingerprint density at radius 2 is 2.18 bits per heavy atom. The summed E-state index contributed by atoms with van der Waals surface area (Å²) in [7, 11) is 0. The fourth-order valence-electron chi connectivity index (χ4n) is 3.55. The minimum atomic E-state index is -3.10.